The number of nitrogens with two attached hydrogens (primary N) is 2. The minimum atomic E-state index is -0.542. The van der Waals surface area contributed by atoms with Crippen molar-refractivity contribution in [3.05, 3.63) is 48.2 Å². The molecule has 1 atom stereocenters. The molecule has 1 amide bonds. The second kappa shape index (κ2) is 9.86. The van der Waals surface area contributed by atoms with Crippen LogP contribution in [0.3, 0.4) is 0 Å². The lowest BCUT2D eigenvalue weighted by Gasteiger charge is -2.15. The standard InChI is InChI=1S/C18H25N5O.ClH/c1-23(2)15-11-9-14(10-12-15)22-18(24)16(19)7-3-5-13-6-4-8-17(20)21-13;/h4,6,8-12,16H,3,5,7,19H2,1-2H3,(H2,20,21)(H,22,24);1H. The van der Waals surface area contributed by atoms with E-state index < -0.39 is 6.04 Å². The zero-order chi connectivity index (χ0) is 17.5. The fourth-order valence-electron chi connectivity index (χ4n) is 2.35. The number of nitrogen functional groups attached to an aromatic ring is 1. The van der Waals surface area contributed by atoms with E-state index in [4.69, 9.17) is 11.5 Å². The number of anilines is 3. The van der Waals surface area contributed by atoms with Crippen LogP contribution in [0, 0.1) is 0 Å². The fourth-order valence-corrected chi connectivity index (χ4v) is 2.35. The van der Waals surface area contributed by atoms with E-state index in [0.717, 1.165) is 29.9 Å². The van der Waals surface area contributed by atoms with Gasteiger partial charge in [-0.15, -0.1) is 12.4 Å². The summed E-state index contributed by atoms with van der Waals surface area (Å²) in [5.74, 6) is 0.337. The number of aromatic nitrogens is 1. The van der Waals surface area contributed by atoms with Crippen LogP contribution in [-0.2, 0) is 11.2 Å². The molecule has 0 fully saturated rings. The monoisotopic (exact) mass is 363 g/mol. The van der Waals surface area contributed by atoms with Crippen molar-refractivity contribution in [2.24, 2.45) is 5.73 Å². The summed E-state index contributed by atoms with van der Waals surface area (Å²) in [7, 11) is 3.94. The van der Waals surface area contributed by atoms with Gasteiger partial charge in [-0.25, -0.2) is 4.98 Å². The summed E-state index contributed by atoms with van der Waals surface area (Å²) in [6.45, 7) is 0. The molecule has 5 N–H and O–H groups in total. The zero-order valence-corrected chi connectivity index (χ0v) is 15.4. The second-order valence-electron chi connectivity index (χ2n) is 5.98. The molecule has 0 saturated carbocycles. The number of hydrogen-bond acceptors (Lipinski definition) is 5. The average Bonchev–Trinajstić information content (AvgIpc) is 2.55. The van der Waals surface area contributed by atoms with Crippen molar-refractivity contribution in [3.63, 3.8) is 0 Å². The molecule has 0 bridgehead atoms. The molecule has 1 unspecified atom stereocenters. The third kappa shape index (κ3) is 6.60. The first kappa shape index (κ1) is 20.7. The van der Waals surface area contributed by atoms with Crippen LogP contribution in [0.5, 0.6) is 0 Å². The van der Waals surface area contributed by atoms with Gasteiger partial charge in [0.05, 0.1) is 6.04 Å². The Balaban J connectivity index is 0.00000312. The Bertz CT molecular complexity index is 675. The molecule has 0 radical (unpaired) electrons. The maximum atomic E-state index is 12.1. The summed E-state index contributed by atoms with van der Waals surface area (Å²) in [5.41, 5.74) is 14.4. The molecule has 0 aliphatic rings. The van der Waals surface area contributed by atoms with Gasteiger partial charge in [-0.1, -0.05) is 6.07 Å². The zero-order valence-electron chi connectivity index (χ0n) is 14.6. The molecule has 25 heavy (non-hydrogen) atoms. The Morgan fingerprint density at radius 1 is 1.20 bits per heavy atom. The Labute approximate surface area is 155 Å². The highest BCUT2D eigenvalue weighted by Crippen LogP contribution is 2.16. The largest absolute Gasteiger partial charge is 0.384 e. The lowest BCUT2D eigenvalue weighted by molar-refractivity contribution is -0.117. The number of benzene rings is 1. The molecular formula is C18H26ClN5O. The minimum absolute atomic E-state index is 0. The molecule has 0 aliphatic heterocycles. The van der Waals surface area contributed by atoms with Crippen molar-refractivity contribution in [2.45, 2.75) is 25.3 Å². The van der Waals surface area contributed by atoms with E-state index in [9.17, 15) is 4.79 Å². The number of rotatable bonds is 7. The molecule has 1 aromatic carbocycles. The summed E-state index contributed by atoms with van der Waals surface area (Å²) in [6.07, 6.45) is 2.13. The van der Waals surface area contributed by atoms with Gasteiger partial charge in [0.25, 0.3) is 0 Å². The summed E-state index contributed by atoms with van der Waals surface area (Å²) in [4.78, 5) is 18.4. The number of nitrogens with zero attached hydrogens (tertiary/aromatic N) is 2. The minimum Gasteiger partial charge on any atom is -0.384 e. The predicted octanol–water partition coefficient (Wildman–Crippen LogP) is 2.44. The first-order chi connectivity index (χ1) is 11.5. The number of halogens is 1. The van der Waals surface area contributed by atoms with Gasteiger partial charge < -0.3 is 21.7 Å². The van der Waals surface area contributed by atoms with Gasteiger partial charge in [0.15, 0.2) is 0 Å². The number of hydrogen-bond donors (Lipinski definition) is 3. The normalized spacial score (nSPS) is 11.3. The van der Waals surface area contributed by atoms with E-state index >= 15 is 0 Å². The molecule has 6 nitrogen and oxygen atoms in total. The van der Waals surface area contributed by atoms with Crippen LogP contribution in [-0.4, -0.2) is 31.0 Å². The lowest BCUT2D eigenvalue weighted by atomic mass is 10.1. The van der Waals surface area contributed by atoms with Crippen molar-refractivity contribution in [2.75, 3.05) is 30.0 Å². The van der Waals surface area contributed by atoms with Gasteiger partial charge in [-0.3, -0.25) is 4.79 Å². The van der Waals surface area contributed by atoms with Crippen LogP contribution < -0.4 is 21.7 Å². The van der Waals surface area contributed by atoms with E-state index in [-0.39, 0.29) is 18.3 Å². The van der Waals surface area contributed by atoms with Crippen molar-refractivity contribution in [1.82, 2.24) is 4.98 Å². The van der Waals surface area contributed by atoms with Crippen molar-refractivity contribution in [1.29, 1.82) is 0 Å². The third-order valence-corrected chi connectivity index (χ3v) is 3.76. The summed E-state index contributed by atoms with van der Waals surface area (Å²) in [6, 6.07) is 12.7. The van der Waals surface area contributed by atoms with Crippen LogP contribution in [0.25, 0.3) is 0 Å². The quantitative estimate of drug-likeness (QED) is 0.702. The number of carbonyl (C=O) groups is 1. The van der Waals surface area contributed by atoms with Crippen molar-refractivity contribution < 1.29 is 4.79 Å². The van der Waals surface area contributed by atoms with E-state index in [2.05, 4.69) is 10.3 Å². The first-order valence-corrected chi connectivity index (χ1v) is 8.01. The molecule has 0 spiro atoms. The molecule has 7 heteroatoms. The number of carbonyl (C=O) groups excluding carboxylic acids is 1. The van der Waals surface area contributed by atoms with E-state index in [1.54, 1.807) is 6.07 Å². The lowest BCUT2D eigenvalue weighted by Crippen LogP contribution is -2.35. The van der Waals surface area contributed by atoms with Gasteiger partial charge in [0.2, 0.25) is 5.91 Å². The average molecular weight is 364 g/mol. The molecule has 0 aliphatic carbocycles. The van der Waals surface area contributed by atoms with Gasteiger partial charge in [0, 0.05) is 31.2 Å². The highest BCUT2D eigenvalue weighted by molar-refractivity contribution is 5.94. The van der Waals surface area contributed by atoms with Crippen LogP contribution in [0.2, 0.25) is 0 Å². The maximum Gasteiger partial charge on any atom is 0.241 e. The first-order valence-electron chi connectivity index (χ1n) is 8.01. The molecule has 0 saturated heterocycles. The van der Waals surface area contributed by atoms with Crippen LogP contribution in [0.1, 0.15) is 18.5 Å². The Hall–Kier alpha value is -2.31. The van der Waals surface area contributed by atoms with Gasteiger partial charge >= 0.3 is 0 Å². The number of amides is 1. The van der Waals surface area contributed by atoms with E-state index in [1.165, 1.54) is 0 Å². The molecule has 2 aromatic rings. The Kier molecular flexibility index (Phi) is 8.18. The Morgan fingerprint density at radius 2 is 1.88 bits per heavy atom. The fraction of sp³-hybridized carbons (Fsp3) is 0.333. The predicted molar refractivity (Wildman–Crippen MR) is 106 cm³/mol. The molecule has 1 aromatic heterocycles. The van der Waals surface area contributed by atoms with Crippen LogP contribution in [0.15, 0.2) is 42.5 Å². The molecule has 136 valence electrons. The smallest absolute Gasteiger partial charge is 0.241 e. The number of nitrogens with one attached hydrogen (secondary N) is 1. The van der Waals surface area contributed by atoms with E-state index in [1.807, 2.05) is 55.4 Å². The molecule has 1 heterocycles. The SMILES string of the molecule is CN(C)c1ccc(NC(=O)C(N)CCCc2cccc(N)n2)cc1.Cl. The molecule has 2 rings (SSSR count). The highest BCUT2D eigenvalue weighted by atomic mass is 35.5. The van der Waals surface area contributed by atoms with E-state index in [0.29, 0.717) is 12.2 Å². The van der Waals surface area contributed by atoms with Crippen LogP contribution >= 0.6 is 12.4 Å². The number of pyridine rings is 1. The van der Waals surface area contributed by atoms with Gasteiger partial charge in [-0.05, 0) is 55.7 Å². The Morgan fingerprint density at radius 3 is 2.48 bits per heavy atom. The third-order valence-electron chi connectivity index (χ3n) is 3.76. The molecular weight excluding hydrogens is 338 g/mol. The second-order valence-corrected chi connectivity index (χ2v) is 5.98. The number of aryl methyl sites for hydroxylation is 1. The topological polar surface area (TPSA) is 97.3 Å². The summed E-state index contributed by atoms with van der Waals surface area (Å²) >= 11 is 0. The van der Waals surface area contributed by atoms with Gasteiger partial charge in [0.1, 0.15) is 5.82 Å². The maximum absolute atomic E-state index is 12.1. The van der Waals surface area contributed by atoms with Crippen LogP contribution in [0.4, 0.5) is 17.2 Å². The summed E-state index contributed by atoms with van der Waals surface area (Å²) < 4.78 is 0. The van der Waals surface area contributed by atoms with Crippen molar-refractivity contribution in [3.8, 4) is 0 Å². The highest BCUT2D eigenvalue weighted by Gasteiger charge is 2.13. The van der Waals surface area contributed by atoms with Gasteiger partial charge in [-0.2, -0.15) is 0 Å². The van der Waals surface area contributed by atoms with Crippen molar-refractivity contribution >= 4 is 35.5 Å². The summed E-state index contributed by atoms with van der Waals surface area (Å²) in [5, 5.41) is 2.85.